The first-order chi connectivity index (χ1) is 16.2. The molecule has 0 atom stereocenters. The highest BCUT2D eigenvalue weighted by molar-refractivity contribution is 7.09. The van der Waals surface area contributed by atoms with E-state index < -0.39 is 0 Å². The molecule has 0 saturated carbocycles. The van der Waals surface area contributed by atoms with Crippen molar-refractivity contribution in [1.29, 1.82) is 0 Å². The number of para-hydroxylation sites is 1. The second-order valence-electron chi connectivity index (χ2n) is 8.05. The third-order valence-corrected chi connectivity index (χ3v) is 6.45. The van der Waals surface area contributed by atoms with Crippen molar-refractivity contribution in [3.8, 4) is 5.75 Å². The molecule has 0 saturated heterocycles. The van der Waals surface area contributed by atoms with Crippen LogP contribution in [0.3, 0.4) is 0 Å². The van der Waals surface area contributed by atoms with Crippen molar-refractivity contribution in [2.45, 2.75) is 32.9 Å². The smallest absolute Gasteiger partial charge is 0.270 e. The monoisotopic (exact) mass is 462 g/mol. The number of nitrogens with one attached hydrogen (secondary N) is 2. The van der Waals surface area contributed by atoms with Crippen molar-refractivity contribution in [2.24, 2.45) is 0 Å². The molecule has 0 aliphatic carbocycles. The molecule has 4 aromatic rings. The Hall–Kier alpha value is -3.16. The van der Waals surface area contributed by atoms with E-state index in [4.69, 9.17) is 4.74 Å². The molecule has 1 amide bonds. The number of nitrogens with zero attached hydrogens (tertiary/aromatic N) is 2. The number of amides is 1. The number of fused-ring (bicyclic) bond motifs is 1. The molecule has 2 aromatic carbocycles. The molecule has 0 fully saturated rings. The normalized spacial score (nSPS) is 11.2. The van der Waals surface area contributed by atoms with Crippen molar-refractivity contribution in [3.05, 3.63) is 81.9 Å². The molecule has 0 aliphatic heterocycles. The van der Waals surface area contributed by atoms with Gasteiger partial charge in [0.2, 0.25) is 0 Å². The van der Waals surface area contributed by atoms with Crippen LogP contribution in [0.1, 0.15) is 40.0 Å². The quantitative estimate of drug-likeness (QED) is 0.328. The summed E-state index contributed by atoms with van der Waals surface area (Å²) >= 11 is 1.54. The maximum Gasteiger partial charge on any atom is 0.270 e. The lowest BCUT2D eigenvalue weighted by Crippen LogP contribution is -2.26. The highest BCUT2D eigenvalue weighted by atomic mass is 32.1. The van der Waals surface area contributed by atoms with Gasteiger partial charge in [0.25, 0.3) is 5.91 Å². The lowest BCUT2D eigenvalue weighted by atomic mass is 10.1. The number of H-pyrrole nitrogens is 1. The molecule has 0 bridgehead atoms. The van der Waals surface area contributed by atoms with E-state index in [1.54, 1.807) is 18.4 Å². The molecule has 2 heterocycles. The molecule has 6 nitrogen and oxygen atoms in total. The summed E-state index contributed by atoms with van der Waals surface area (Å²) in [5.74, 6) is 0.756. The van der Waals surface area contributed by atoms with Gasteiger partial charge in [-0.25, -0.2) is 4.98 Å². The number of hydrogen-bond acceptors (Lipinski definition) is 5. The third-order valence-electron chi connectivity index (χ3n) is 5.62. The van der Waals surface area contributed by atoms with Gasteiger partial charge in [0.1, 0.15) is 16.5 Å². The van der Waals surface area contributed by atoms with Gasteiger partial charge in [0, 0.05) is 42.1 Å². The van der Waals surface area contributed by atoms with Crippen LogP contribution in [0.5, 0.6) is 5.75 Å². The number of carbonyl (C=O) groups is 1. The van der Waals surface area contributed by atoms with Crippen LogP contribution in [0.4, 0.5) is 0 Å². The summed E-state index contributed by atoms with van der Waals surface area (Å²) in [5.41, 5.74) is 4.19. The number of aromatic nitrogens is 2. The standard InChI is InChI=1S/C26H30N4O2S/c1-3-13-27-26(31)24-18-33-25(29-24)17-30(16-19-8-10-21(32-2)11-9-19)14-12-20-15-28-23-7-5-4-6-22(20)23/h4-11,15,18,28H,3,12-14,16-17H2,1-2H3,(H,27,31). The highest BCUT2D eigenvalue weighted by Gasteiger charge is 2.15. The van der Waals surface area contributed by atoms with E-state index in [2.05, 4.69) is 62.8 Å². The minimum Gasteiger partial charge on any atom is -0.497 e. The Kier molecular flexibility index (Phi) is 7.75. The highest BCUT2D eigenvalue weighted by Crippen LogP contribution is 2.21. The van der Waals surface area contributed by atoms with Gasteiger partial charge in [-0.05, 0) is 42.2 Å². The summed E-state index contributed by atoms with van der Waals surface area (Å²) in [6, 6.07) is 16.6. The lowest BCUT2D eigenvalue weighted by Gasteiger charge is -2.21. The van der Waals surface area contributed by atoms with Crippen LogP contribution in [-0.4, -0.2) is 41.0 Å². The fourth-order valence-electron chi connectivity index (χ4n) is 3.83. The van der Waals surface area contributed by atoms with Crippen LogP contribution in [0, 0.1) is 0 Å². The molecule has 172 valence electrons. The van der Waals surface area contributed by atoms with Crippen LogP contribution < -0.4 is 10.1 Å². The Labute approximate surface area is 198 Å². The van der Waals surface area contributed by atoms with Gasteiger partial charge in [-0.15, -0.1) is 11.3 Å². The Morgan fingerprint density at radius 1 is 1.15 bits per heavy atom. The van der Waals surface area contributed by atoms with Gasteiger partial charge in [-0.2, -0.15) is 0 Å². The van der Waals surface area contributed by atoms with Crippen LogP contribution in [0.25, 0.3) is 10.9 Å². The molecule has 7 heteroatoms. The molecular weight excluding hydrogens is 432 g/mol. The summed E-state index contributed by atoms with van der Waals surface area (Å²) in [6.45, 7) is 5.08. The molecule has 2 aromatic heterocycles. The zero-order valence-corrected chi connectivity index (χ0v) is 20.0. The van der Waals surface area contributed by atoms with Gasteiger partial charge in [-0.1, -0.05) is 37.3 Å². The predicted molar refractivity (Wildman–Crippen MR) is 134 cm³/mol. The van der Waals surface area contributed by atoms with Crippen LogP contribution in [-0.2, 0) is 19.5 Å². The van der Waals surface area contributed by atoms with E-state index in [0.717, 1.165) is 42.2 Å². The summed E-state index contributed by atoms with van der Waals surface area (Å²) < 4.78 is 5.30. The maximum atomic E-state index is 12.3. The average molecular weight is 463 g/mol. The molecule has 0 radical (unpaired) electrons. The zero-order valence-electron chi connectivity index (χ0n) is 19.1. The van der Waals surface area contributed by atoms with Crippen molar-refractivity contribution >= 4 is 28.1 Å². The molecule has 0 unspecified atom stereocenters. The zero-order chi connectivity index (χ0) is 23.0. The minimum absolute atomic E-state index is 0.0974. The first-order valence-electron chi connectivity index (χ1n) is 11.3. The maximum absolute atomic E-state index is 12.3. The Morgan fingerprint density at radius 2 is 1.97 bits per heavy atom. The molecule has 0 spiro atoms. The topological polar surface area (TPSA) is 70.2 Å². The van der Waals surface area contributed by atoms with Gasteiger partial charge in [-0.3, -0.25) is 9.69 Å². The SMILES string of the molecule is CCCNC(=O)c1csc(CN(CCc2c[nH]c3ccccc23)Cc2ccc(OC)cc2)n1. The summed E-state index contributed by atoms with van der Waals surface area (Å²) in [5, 5.41) is 6.97. The molecule has 2 N–H and O–H groups in total. The molecule has 0 aliphatic rings. The van der Waals surface area contributed by atoms with Crippen LogP contribution in [0.15, 0.2) is 60.1 Å². The van der Waals surface area contributed by atoms with E-state index in [0.29, 0.717) is 18.8 Å². The van der Waals surface area contributed by atoms with Crippen LogP contribution >= 0.6 is 11.3 Å². The number of methoxy groups -OCH3 is 1. The molecule has 33 heavy (non-hydrogen) atoms. The third kappa shape index (κ3) is 6.00. The second kappa shape index (κ2) is 11.1. The van der Waals surface area contributed by atoms with Crippen molar-refractivity contribution < 1.29 is 9.53 Å². The van der Waals surface area contributed by atoms with E-state index in [1.807, 2.05) is 24.4 Å². The van der Waals surface area contributed by atoms with E-state index in [-0.39, 0.29) is 5.91 Å². The Morgan fingerprint density at radius 3 is 2.76 bits per heavy atom. The van der Waals surface area contributed by atoms with Crippen LogP contribution in [0.2, 0.25) is 0 Å². The van der Waals surface area contributed by atoms with Gasteiger partial charge < -0.3 is 15.0 Å². The van der Waals surface area contributed by atoms with E-state index in [1.165, 1.54) is 16.5 Å². The molecule has 4 rings (SSSR count). The van der Waals surface area contributed by atoms with Gasteiger partial charge >= 0.3 is 0 Å². The number of benzene rings is 2. The number of hydrogen-bond donors (Lipinski definition) is 2. The van der Waals surface area contributed by atoms with Crippen molar-refractivity contribution in [1.82, 2.24) is 20.2 Å². The number of aromatic amines is 1. The summed E-state index contributed by atoms with van der Waals surface area (Å²) in [4.78, 5) is 22.6. The van der Waals surface area contributed by atoms with Gasteiger partial charge in [0.05, 0.1) is 13.7 Å². The number of rotatable bonds is 11. The summed E-state index contributed by atoms with van der Waals surface area (Å²) in [7, 11) is 1.68. The molecular formula is C26H30N4O2S. The fraction of sp³-hybridized carbons (Fsp3) is 0.308. The minimum atomic E-state index is -0.0974. The number of ether oxygens (including phenoxy) is 1. The second-order valence-corrected chi connectivity index (χ2v) is 8.99. The Balaban J connectivity index is 1.48. The van der Waals surface area contributed by atoms with Gasteiger partial charge in [0.15, 0.2) is 0 Å². The lowest BCUT2D eigenvalue weighted by molar-refractivity contribution is 0.0949. The number of thiazole rings is 1. The van der Waals surface area contributed by atoms with Crippen molar-refractivity contribution in [3.63, 3.8) is 0 Å². The largest absolute Gasteiger partial charge is 0.497 e. The number of carbonyl (C=O) groups excluding carboxylic acids is 1. The average Bonchev–Trinajstić information content (AvgIpc) is 3.48. The summed E-state index contributed by atoms with van der Waals surface area (Å²) in [6.07, 6.45) is 3.94. The fourth-order valence-corrected chi connectivity index (χ4v) is 4.64. The predicted octanol–water partition coefficient (Wildman–Crippen LogP) is 5.02. The van der Waals surface area contributed by atoms with Crippen molar-refractivity contribution in [2.75, 3.05) is 20.2 Å². The van der Waals surface area contributed by atoms with E-state index in [9.17, 15) is 4.79 Å². The van der Waals surface area contributed by atoms with E-state index >= 15 is 0 Å². The first kappa shape index (κ1) is 23.0. The first-order valence-corrected chi connectivity index (χ1v) is 12.2. The Bertz CT molecular complexity index is 1180.